The number of aryl methyl sites for hydroxylation is 1. The van der Waals surface area contributed by atoms with Crippen LogP contribution in [0.5, 0.6) is 5.75 Å². The third kappa shape index (κ3) is 5.27. The molecule has 1 heterocycles. The number of halogens is 1. The zero-order chi connectivity index (χ0) is 23.5. The van der Waals surface area contributed by atoms with E-state index in [4.69, 9.17) is 4.74 Å². The minimum atomic E-state index is -0.849. The number of carbonyl (C=O) groups excluding carboxylic acids is 2. The van der Waals surface area contributed by atoms with E-state index in [1.165, 1.54) is 12.1 Å². The highest BCUT2D eigenvalue weighted by molar-refractivity contribution is 5.88. The maximum atomic E-state index is 13.4. The molecule has 2 unspecified atom stereocenters. The van der Waals surface area contributed by atoms with Gasteiger partial charge in [-0.05, 0) is 73.9 Å². The fraction of sp³-hybridized carbons (Fsp3) is 0.481. The second kappa shape index (κ2) is 10.0. The van der Waals surface area contributed by atoms with Gasteiger partial charge in [0.25, 0.3) is 0 Å². The Morgan fingerprint density at radius 1 is 1.06 bits per heavy atom. The molecule has 2 atom stereocenters. The SMILES string of the molecule is COc1cc(-c2ccc(F)cc2)cc(C)c1C1C(=O)CCCN(C(=O)C2CC2)CCCC1O. The van der Waals surface area contributed by atoms with E-state index in [1.807, 2.05) is 24.0 Å². The van der Waals surface area contributed by atoms with Crippen molar-refractivity contribution in [2.75, 3.05) is 20.2 Å². The number of Topliss-reactive ketones (excluding diaryl/α,β-unsaturated/α-hetero) is 1. The summed E-state index contributed by atoms with van der Waals surface area (Å²) in [5, 5.41) is 11.1. The van der Waals surface area contributed by atoms with Crippen molar-refractivity contribution in [2.45, 2.75) is 57.5 Å². The van der Waals surface area contributed by atoms with Gasteiger partial charge in [0, 0.05) is 31.0 Å². The number of carbonyl (C=O) groups is 2. The van der Waals surface area contributed by atoms with Gasteiger partial charge in [-0.15, -0.1) is 0 Å². The van der Waals surface area contributed by atoms with Gasteiger partial charge in [-0.2, -0.15) is 0 Å². The maximum absolute atomic E-state index is 13.4. The second-order valence-electron chi connectivity index (χ2n) is 9.27. The quantitative estimate of drug-likeness (QED) is 0.733. The Morgan fingerprint density at radius 2 is 1.76 bits per heavy atom. The molecule has 5 nitrogen and oxygen atoms in total. The van der Waals surface area contributed by atoms with E-state index in [2.05, 4.69) is 0 Å². The number of aliphatic hydroxyl groups is 1. The predicted molar refractivity (Wildman–Crippen MR) is 125 cm³/mol. The van der Waals surface area contributed by atoms with Crippen LogP contribution in [0.2, 0.25) is 0 Å². The highest BCUT2D eigenvalue weighted by Crippen LogP contribution is 2.39. The van der Waals surface area contributed by atoms with Gasteiger partial charge in [-0.1, -0.05) is 18.2 Å². The standard InChI is InChI=1S/C27H32FNO4/c1-17-15-20(18-9-11-21(28)12-10-18)16-24(33-2)25(17)26-22(30)5-3-13-29(14-4-6-23(26)31)27(32)19-7-8-19/h9-12,15-16,19,22,26,30H,3-8,13-14H2,1-2H3. The molecule has 1 saturated heterocycles. The molecule has 0 bridgehead atoms. The number of hydrogen-bond donors (Lipinski definition) is 1. The maximum Gasteiger partial charge on any atom is 0.225 e. The number of ether oxygens (including phenoxy) is 1. The van der Waals surface area contributed by atoms with Crippen molar-refractivity contribution in [3.63, 3.8) is 0 Å². The van der Waals surface area contributed by atoms with Crippen LogP contribution in [0.3, 0.4) is 0 Å². The van der Waals surface area contributed by atoms with E-state index in [0.29, 0.717) is 50.1 Å². The Balaban J connectivity index is 1.60. The summed E-state index contributed by atoms with van der Waals surface area (Å²) < 4.78 is 19.0. The number of aliphatic hydroxyl groups excluding tert-OH is 1. The van der Waals surface area contributed by atoms with Gasteiger partial charge in [-0.25, -0.2) is 4.39 Å². The highest BCUT2D eigenvalue weighted by Gasteiger charge is 2.36. The van der Waals surface area contributed by atoms with E-state index < -0.39 is 12.0 Å². The van der Waals surface area contributed by atoms with E-state index >= 15 is 0 Å². The fourth-order valence-electron chi connectivity index (χ4n) is 4.89. The Kier molecular flexibility index (Phi) is 7.13. The Morgan fingerprint density at radius 3 is 2.42 bits per heavy atom. The van der Waals surface area contributed by atoms with Gasteiger partial charge in [0.05, 0.1) is 19.1 Å². The first-order valence-corrected chi connectivity index (χ1v) is 11.8. The summed E-state index contributed by atoms with van der Waals surface area (Å²) in [6.45, 7) is 3.12. The van der Waals surface area contributed by atoms with Crippen molar-refractivity contribution in [3.05, 3.63) is 53.3 Å². The number of benzene rings is 2. The van der Waals surface area contributed by atoms with E-state index in [9.17, 15) is 19.1 Å². The lowest BCUT2D eigenvalue weighted by molar-refractivity contribution is -0.133. The third-order valence-electron chi connectivity index (χ3n) is 6.81. The minimum absolute atomic E-state index is 0.0286. The smallest absolute Gasteiger partial charge is 0.225 e. The molecule has 1 aliphatic heterocycles. The summed E-state index contributed by atoms with van der Waals surface area (Å²) >= 11 is 0. The first-order chi connectivity index (χ1) is 15.9. The summed E-state index contributed by atoms with van der Waals surface area (Å²) in [7, 11) is 1.56. The summed E-state index contributed by atoms with van der Waals surface area (Å²) in [6, 6.07) is 10.1. The van der Waals surface area contributed by atoms with Crippen LogP contribution >= 0.6 is 0 Å². The summed E-state index contributed by atoms with van der Waals surface area (Å²) in [5.74, 6) is -0.0936. The molecule has 2 aromatic rings. The molecule has 176 valence electrons. The van der Waals surface area contributed by atoms with E-state index in [0.717, 1.165) is 29.5 Å². The van der Waals surface area contributed by atoms with Crippen molar-refractivity contribution in [1.82, 2.24) is 4.90 Å². The van der Waals surface area contributed by atoms with Crippen molar-refractivity contribution in [1.29, 1.82) is 0 Å². The Labute approximate surface area is 194 Å². The second-order valence-corrected chi connectivity index (χ2v) is 9.27. The minimum Gasteiger partial charge on any atom is -0.496 e. The van der Waals surface area contributed by atoms with Gasteiger partial charge in [-0.3, -0.25) is 9.59 Å². The molecule has 2 fully saturated rings. The molecule has 6 heteroatoms. The van der Waals surface area contributed by atoms with Crippen LogP contribution in [0, 0.1) is 18.7 Å². The van der Waals surface area contributed by atoms with Gasteiger partial charge in [0.2, 0.25) is 5.91 Å². The average Bonchev–Trinajstić information content (AvgIpc) is 3.64. The van der Waals surface area contributed by atoms with Crippen LogP contribution < -0.4 is 4.74 Å². The lowest BCUT2D eigenvalue weighted by atomic mass is 9.81. The molecule has 4 rings (SSSR count). The Bertz CT molecular complexity index is 1020. The zero-order valence-corrected chi connectivity index (χ0v) is 19.4. The lowest BCUT2D eigenvalue weighted by Gasteiger charge is -2.30. The molecule has 1 saturated carbocycles. The summed E-state index contributed by atoms with van der Waals surface area (Å²) in [5.41, 5.74) is 3.28. The van der Waals surface area contributed by atoms with Crippen molar-refractivity contribution >= 4 is 11.7 Å². The van der Waals surface area contributed by atoms with Crippen LogP contribution in [-0.4, -0.2) is 48.0 Å². The van der Waals surface area contributed by atoms with E-state index in [-0.39, 0.29) is 23.4 Å². The molecular weight excluding hydrogens is 421 g/mol. The molecule has 33 heavy (non-hydrogen) atoms. The molecule has 0 radical (unpaired) electrons. The molecule has 0 spiro atoms. The van der Waals surface area contributed by atoms with Gasteiger partial charge < -0.3 is 14.7 Å². The number of hydrogen-bond acceptors (Lipinski definition) is 4. The number of rotatable bonds is 4. The molecule has 1 aliphatic carbocycles. The van der Waals surface area contributed by atoms with Gasteiger partial charge >= 0.3 is 0 Å². The Hall–Kier alpha value is -2.73. The fourth-order valence-corrected chi connectivity index (χ4v) is 4.89. The topological polar surface area (TPSA) is 66.8 Å². The number of ketones is 1. The number of amides is 1. The van der Waals surface area contributed by atoms with Crippen LogP contribution in [0.15, 0.2) is 36.4 Å². The molecule has 2 aliphatic rings. The number of methoxy groups -OCH3 is 1. The summed E-state index contributed by atoms with van der Waals surface area (Å²) in [6.07, 6.45) is 3.06. The van der Waals surface area contributed by atoms with Gasteiger partial charge in [0.1, 0.15) is 17.3 Å². The normalized spacial score (nSPS) is 22.2. The predicted octanol–water partition coefficient (Wildman–Crippen LogP) is 4.64. The molecule has 1 amide bonds. The van der Waals surface area contributed by atoms with Crippen LogP contribution in [0.4, 0.5) is 4.39 Å². The zero-order valence-electron chi connectivity index (χ0n) is 19.4. The molecule has 1 N–H and O–H groups in total. The average molecular weight is 454 g/mol. The molecule has 0 aromatic heterocycles. The van der Waals surface area contributed by atoms with Crippen LogP contribution in [0.1, 0.15) is 55.6 Å². The molecular formula is C27H32FNO4. The first kappa shape index (κ1) is 23.4. The number of nitrogens with zero attached hydrogens (tertiary/aromatic N) is 1. The largest absolute Gasteiger partial charge is 0.496 e. The van der Waals surface area contributed by atoms with Crippen molar-refractivity contribution in [2.24, 2.45) is 5.92 Å². The third-order valence-corrected chi connectivity index (χ3v) is 6.81. The van der Waals surface area contributed by atoms with Crippen LogP contribution in [0.25, 0.3) is 11.1 Å². The molecule has 2 aromatic carbocycles. The lowest BCUT2D eigenvalue weighted by Crippen LogP contribution is -2.37. The van der Waals surface area contributed by atoms with Crippen molar-refractivity contribution < 1.29 is 23.8 Å². The monoisotopic (exact) mass is 453 g/mol. The van der Waals surface area contributed by atoms with E-state index in [1.54, 1.807) is 19.2 Å². The van der Waals surface area contributed by atoms with Crippen molar-refractivity contribution in [3.8, 4) is 16.9 Å². The summed E-state index contributed by atoms with van der Waals surface area (Å²) in [4.78, 5) is 27.7. The highest BCUT2D eigenvalue weighted by atomic mass is 19.1. The van der Waals surface area contributed by atoms with Gasteiger partial charge in [0.15, 0.2) is 0 Å². The first-order valence-electron chi connectivity index (χ1n) is 11.8. The van der Waals surface area contributed by atoms with Crippen LogP contribution in [-0.2, 0) is 9.59 Å².